The van der Waals surface area contributed by atoms with Gasteiger partial charge in [-0.05, 0) is 41.8 Å². The van der Waals surface area contributed by atoms with Gasteiger partial charge in [0, 0.05) is 5.02 Å². The number of halogens is 2. The quantitative estimate of drug-likeness (QED) is 0.742. The second kappa shape index (κ2) is 5.79. The van der Waals surface area contributed by atoms with Gasteiger partial charge in [-0.1, -0.05) is 35.9 Å². The summed E-state index contributed by atoms with van der Waals surface area (Å²) in [6.07, 6.45) is 0.739. The number of fused-ring (bicyclic) bond motifs is 1. The van der Waals surface area contributed by atoms with Crippen molar-refractivity contribution in [3.63, 3.8) is 0 Å². The van der Waals surface area contributed by atoms with E-state index in [0.29, 0.717) is 11.0 Å². The summed E-state index contributed by atoms with van der Waals surface area (Å²) in [4.78, 5) is 4.26. The number of nitrogens with one attached hydrogen (secondary N) is 1. The van der Waals surface area contributed by atoms with Crippen molar-refractivity contribution < 1.29 is 4.39 Å². The molecular weight excluding hydrogens is 329 g/mol. The molecule has 2 heterocycles. The zero-order chi connectivity index (χ0) is 16.7. The Morgan fingerprint density at radius 1 is 1.08 bits per heavy atom. The van der Waals surface area contributed by atoms with Crippen molar-refractivity contribution in [3.8, 4) is 0 Å². The number of hydrogen-bond acceptors (Lipinski definition) is 4. The van der Waals surface area contributed by atoms with Crippen LogP contribution in [0.1, 0.15) is 29.6 Å². The SMILES string of the molecule is Nc1nc2n(n1)[C@H](c1ccc(F)cc1)C[C@H](c1ccc(Cl)cc1)N2. The molecule has 1 aliphatic heterocycles. The van der Waals surface area contributed by atoms with E-state index < -0.39 is 0 Å². The molecule has 0 amide bonds. The molecule has 2 aromatic carbocycles. The minimum Gasteiger partial charge on any atom is -0.366 e. The van der Waals surface area contributed by atoms with Gasteiger partial charge < -0.3 is 11.1 Å². The molecule has 1 aromatic heterocycles. The molecule has 24 heavy (non-hydrogen) atoms. The lowest BCUT2D eigenvalue weighted by atomic mass is 9.93. The van der Waals surface area contributed by atoms with Gasteiger partial charge in [0.2, 0.25) is 11.9 Å². The van der Waals surface area contributed by atoms with Crippen molar-refractivity contribution in [2.45, 2.75) is 18.5 Å². The number of hydrogen-bond donors (Lipinski definition) is 2. The molecule has 0 spiro atoms. The molecule has 0 unspecified atom stereocenters. The average Bonchev–Trinajstić information content (AvgIpc) is 2.95. The van der Waals surface area contributed by atoms with E-state index in [-0.39, 0.29) is 23.8 Å². The summed E-state index contributed by atoms with van der Waals surface area (Å²) >= 11 is 5.98. The van der Waals surface area contributed by atoms with Gasteiger partial charge in [-0.2, -0.15) is 4.98 Å². The normalized spacial score (nSPS) is 19.6. The maximum atomic E-state index is 13.3. The Labute approximate surface area is 143 Å². The molecule has 122 valence electrons. The predicted molar refractivity (Wildman–Crippen MR) is 91.4 cm³/mol. The highest BCUT2D eigenvalue weighted by Crippen LogP contribution is 2.38. The summed E-state index contributed by atoms with van der Waals surface area (Å²) in [5.41, 5.74) is 7.82. The van der Waals surface area contributed by atoms with Crippen LogP contribution in [0.3, 0.4) is 0 Å². The Balaban J connectivity index is 1.74. The van der Waals surface area contributed by atoms with E-state index in [4.69, 9.17) is 17.3 Å². The Bertz CT molecular complexity index is 860. The van der Waals surface area contributed by atoms with E-state index in [1.165, 1.54) is 12.1 Å². The molecule has 0 saturated heterocycles. The molecule has 5 nitrogen and oxygen atoms in total. The third-order valence-electron chi connectivity index (χ3n) is 4.23. The molecule has 1 aliphatic rings. The van der Waals surface area contributed by atoms with E-state index in [9.17, 15) is 4.39 Å². The van der Waals surface area contributed by atoms with Gasteiger partial charge >= 0.3 is 0 Å². The first kappa shape index (κ1) is 15.0. The van der Waals surface area contributed by atoms with Crippen molar-refractivity contribution >= 4 is 23.5 Å². The van der Waals surface area contributed by atoms with Crippen molar-refractivity contribution in [2.75, 3.05) is 11.1 Å². The van der Waals surface area contributed by atoms with Gasteiger partial charge in [-0.3, -0.25) is 0 Å². The van der Waals surface area contributed by atoms with Gasteiger partial charge in [0.1, 0.15) is 5.82 Å². The second-order valence-corrected chi connectivity index (χ2v) is 6.23. The maximum absolute atomic E-state index is 13.3. The van der Waals surface area contributed by atoms with Crippen LogP contribution in [0.4, 0.5) is 16.3 Å². The van der Waals surface area contributed by atoms with E-state index in [1.54, 1.807) is 16.8 Å². The van der Waals surface area contributed by atoms with Crippen LogP contribution in [0.25, 0.3) is 0 Å². The predicted octanol–water partition coefficient (Wildman–Crippen LogP) is 3.80. The van der Waals surface area contributed by atoms with Gasteiger partial charge in [0.05, 0.1) is 12.1 Å². The molecule has 0 saturated carbocycles. The smallest absolute Gasteiger partial charge is 0.241 e. The summed E-state index contributed by atoms with van der Waals surface area (Å²) in [7, 11) is 0. The fraction of sp³-hybridized carbons (Fsp3) is 0.176. The Morgan fingerprint density at radius 2 is 1.75 bits per heavy atom. The largest absolute Gasteiger partial charge is 0.366 e. The molecule has 7 heteroatoms. The van der Waals surface area contributed by atoms with E-state index in [2.05, 4.69) is 15.4 Å². The molecular formula is C17H15ClFN5. The fourth-order valence-corrected chi connectivity index (χ4v) is 3.20. The summed E-state index contributed by atoms with van der Waals surface area (Å²) in [5, 5.41) is 8.33. The van der Waals surface area contributed by atoms with Gasteiger partial charge in [0.25, 0.3) is 0 Å². The van der Waals surface area contributed by atoms with Crippen LogP contribution in [-0.4, -0.2) is 14.8 Å². The van der Waals surface area contributed by atoms with Crippen LogP contribution in [0.2, 0.25) is 5.02 Å². The van der Waals surface area contributed by atoms with Gasteiger partial charge in [-0.15, -0.1) is 5.10 Å². The zero-order valence-electron chi connectivity index (χ0n) is 12.7. The van der Waals surface area contributed by atoms with Crippen molar-refractivity contribution in [3.05, 3.63) is 70.5 Å². The summed E-state index contributed by atoms with van der Waals surface area (Å²) in [6, 6.07) is 14.1. The molecule has 0 bridgehead atoms. The van der Waals surface area contributed by atoms with Crippen molar-refractivity contribution in [1.82, 2.24) is 14.8 Å². The Hall–Kier alpha value is -2.60. The summed E-state index contributed by atoms with van der Waals surface area (Å²) in [5.74, 6) is 0.551. The molecule has 3 aromatic rings. The van der Waals surface area contributed by atoms with Crippen LogP contribution >= 0.6 is 11.6 Å². The first-order chi connectivity index (χ1) is 11.6. The fourth-order valence-electron chi connectivity index (χ4n) is 3.07. The number of rotatable bonds is 2. The molecule has 0 aliphatic carbocycles. The monoisotopic (exact) mass is 343 g/mol. The Kier molecular flexibility index (Phi) is 3.61. The highest BCUT2D eigenvalue weighted by Gasteiger charge is 2.30. The standard InChI is InChI=1S/C17H15ClFN5/c18-12-5-1-10(2-6-12)14-9-15(11-3-7-13(19)8-4-11)24-17(21-14)22-16(20)23-24/h1-8,14-15H,9H2,(H3,20,21,22,23)/t14-,15+/m1/s1. The minimum absolute atomic E-state index is 0.0356. The summed E-state index contributed by atoms with van der Waals surface area (Å²) in [6.45, 7) is 0. The topological polar surface area (TPSA) is 68.8 Å². The van der Waals surface area contributed by atoms with Crippen LogP contribution in [0.5, 0.6) is 0 Å². The number of anilines is 2. The molecule has 4 rings (SSSR count). The number of aromatic nitrogens is 3. The number of nitrogen functional groups attached to an aromatic ring is 1. The minimum atomic E-state index is -0.264. The number of nitrogens with two attached hydrogens (primary N) is 1. The van der Waals surface area contributed by atoms with Gasteiger partial charge in [-0.25, -0.2) is 9.07 Å². The van der Waals surface area contributed by atoms with Crippen LogP contribution < -0.4 is 11.1 Å². The van der Waals surface area contributed by atoms with E-state index >= 15 is 0 Å². The van der Waals surface area contributed by atoms with E-state index in [0.717, 1.165) is 17.5 Å². The summed E-state index contributed by atoms with van der Waals surface area (Å²) < 4.78 is 15.0. The third-order valence-corrected chi connectivity index (χ3v) is 4.48. The second-order valence-electron chi connectivity index (χ2n) is 5.79. The highest BCUT2D eigenvalue weighted by molar-refractivity contribution is 6.30. The number of benzene rings is 2. The van der Waals surface area contributed by atoms with Crippen molar-refractivity contribution in [2.24, 2.45) is 0 Å². The van der Waals surface area contributed by atoms with Crippen molar-refractivity contribution in [1.29, 1.82) is 0 Å². The molecule has 3 N–H and O–H groups in total. The third kappa shape index (κ3) is 2.69. The molecule has 2 atom stereocenters. The molecule has 0 radical (unpaired) electrons. The zero-order valence-corrected chi connectivity index (χ0v) is 13.4. The molecule has 0 fully saturated rings. The lowest BCUT2D eigenvalue weighted by Crippen LogP contribution is -2.28. The average molecular weight is 344 g/mol. The van der Waals surface area contributed by atoms with Gasteiger partial charge in [0.15, 0.2) is 0 Å². The number of nitrogens with zero attached hydrogens (tertiary/aromatic N) is 3. The van der Waals surface area contributed by atoms with Crippen LogP contribution in [0, 0.1) is 5.82 Å². The first-order valence-electron chi connectivity index (χ1n) is 7.59. The maximum Gasteiger partial charge on any atom is 0.241 e. The van der Waals surface area contributed by atoms with Crippen LogP contribution in [-0.2, 0) is 0 Å². The van der Waals surface area contributed by atoms with E-state index in [1.807, 2.05) is 24.3 Å². The first-order valence-corrected chi connectivity index (χ1v) is 7.97. The highest BCUT2D eigenvalue weighted by atomic mass is 35.5. The Morgan fingerprint density at radius 3 is 2.46 bits per heavy atom. The van der Waals surface area contributed by atoms with Crippen LogP contribution in [0.15, 0.2) is 48.5 Å². The lowest BCUT2D eigenvalue weighted by Gasteiger charge is -2.31. The lowest BCUT2D eigenvalue weighted by molar-refractivity contribution is 0.431.